The second-order valence-electron chi connectivity index (χ2n) is 8.60. The lowest BCUT2D eigenvalue weighted by molar-refractivity contribution is -0.133. The highest BCUT2D eigenvalue weighted by Crippen LogP contribution is 2.53. The SMILES string of the molecule is CC1CC2CC(C(=O)NCCCNC(=O)OC(C)(C)C)(C1)CC2O. The number of nitrogens with one attached hydrogen (secondary N) is 2. The van der Waals surface area contributed by atoms with E-state index in [2.05, 4.69) is 17.6 Å². The number of carbonyl (C=O) groups is 2. The van der Waals surface area contributed by atoms with E-state index in [1.54, 1.807) is 0 Å². The van der Waals surface area contributed by atoms with Crippen molar-refractivity contribution < 1.29 is 19.4 Å². The summed E-state index contributed by atoms with van der Waals surface area (Å²) in [7, 11) is 0. The number of aliphatic hydroxyl groups is 1. The number of hydrogen-bond donors (Lipinski definition) is 3. The first-order valence-electron chi connectivity index (χ1n) is 9.04. The number of alkyl carbamates (subject to hydrolysis) is 1. The van der Waals surface area contributed by atoms with Gasteiger partial charge in [-0.25, -0.2) is 4.79 Å². The molecule has 2 aliphatic rings. The summed E-state index contributed by atoms with van der Waals surface area (Å²) in [4.78, 5) is 24.1. The Morgan fingerprint density at radius 2 is 1.83 bits per heavy atom. The third-order valence-electron chi connectivity index (χ3n) is 5.03. The quantitative estimate of drug-likeness (QED) is 0.670. The number of ether oxygens (including phenoxy) is 1. The summed E-state index contributed by atoms with van der Waals surface area (Å²) < 4.78 is 5.16. The molecule has 2 saturated carbocycles. The van der Waals surface area contributed by atoms with Crippen molar-refractivity contribution in [2.45, 2.75) is 71.5 Å². The van der Waals surface area contributed by atoms with E-state index >= 15 is 0 Å². The molecule has 2 bridgehead atoms. The standard InChI is InChI=1S/C18H32N2O4/c1-12-8-13-10-18(9-12,11-14(13)21)15(22)19-6-5-7-20-16(23)24-17(2,3)4/h12-14,21H,5-11H2,1-4H3,(H,19,22)(H,20,23). The molecule has 24 heavy (non-hydrogen) atoms. The third-order valence-corrected chi connectivity index (χ3v) is 5.03. The first-order valence-corrected chi connectivity index (χ1v) is 9.04. The summed E-state index contributed by atoms with van der Waals surface area (Å²) in [5.74, 6) is 0.821. The van der Waals surface area contributed by atoms with Crippen LogP contribution in [0.15, 0.2) is 0 Å². The lowest BCUT2D eigenvalue weighted by atomic mass is 9.71. The Balaban J connectivity index is 1.69. The Labute approximate surface area is 144 Å². The third kappa shape index (κ3) is 4.85. The summed E-state index contributed by atoms with van der Waals surface area (Å²) in [6, 6.07) is 0. The minimum Gasteiger partial charge on any atom is -0.444 e. The molecule has 2 amide bonds. The van der Waals surface area contributed by atoms with Gasteiger partial charge in [-0.1, -0.05) is 6.92 Å². The Bertz CT molecular complexity index is 465. The maximum Gasteiger partial charge on any atom is 0.407 e. The number of carbonyl (C=O) groups excluding carboxylic acids is 2. The van der Waals surface area contributed by atoms with Crippen LogP contribution in [-0.4, -0.2) is 41.9 Å². The van der Waals surface area contributed by atoms with E-state index in [-0.39, 0.29) is 23.3 Å². The van der Waals surface area contributed by atoms with Crippen LogP contribution in [0.4, 0.5) is 4.79 Å². The molecule has 0 heterocycles. The first-order chi connectivity index (χ1) is 11.1. The van der Waals surface area contributed by atoms with Gasteiger partial charge >= 0.3 is 6.09 Å². The van der Waals surface area contributed by atoms with Crippen LogP contribution in [0.1, 0.15) is 59.8 Å². The molecule has 2 rings (SSSR count). The lowest BCUT2D eigenvalue weighted by Crippen LogP contribution is -2.43. The minimum atomic E-state index is -0.505. The van der Waals surface area contributed by atoms with Gasteiger partial charge in [0.25, 0.3) is 0 Å². The summed E-state index contributed by atoms with van der Waals surface area (Å²) in [6.07, 6.45) is 3.16. The molecule has 0 aromatic rings. The van der Waals surface area contributed by atoms with Gasteiger partial charge in [-0.05, 0) is 64.7 Å². The molecule has 2 aliphatic carbocycles. The fraction of sp³-hybridized carbons (Fsp3) is 0.889. The average molecular weight is 340 g/mol. The Morgan fingerprint density at radius 1 is 1.17 bits per heavy atom. The highest BCUT2D eigenvalue weighted by atomic mass is 16.6. The monoisotopic (exact) mass is 340 g/mol. The maximum atomic E-state index is 12.6. The Morgan fingerprint density at radius 3 is 2.50 bits per heavy atom. The van der Waals surface area contributed by atoms with Crippen LogP contribution in [0.3, 0.4) is 0 Å². The highest BCUT2D eigenvalue weighted by molar-refractivity contribution is 5.83. The molecular formula is C18H32N2O4. The maximum absolute atomic E-state index is 12.6. The van der Waals surface area contributed by atoms with Gasteiger partial charge in [0.05, 0.1) is 11.5 Å². The summed E-state index contributed by atoms with van der Waals surface area (Å²) in [6.45, 7) is 8.61. The van der Waals surface area contributed by atoms with Crippen molar-refractivity contribution in [2.24, 2.45) is 17.3 Å². The molecule has 6 nitrogen and oxygen atoms in total. The minimum absolute atomic E-state index is 0.0628. The first kappa shape index (κ1) is 19.0. The summed E-state index contributed by atoms with van der Waals surface area (Å²) in [5.41, 5.74) is -0.894. The van der Waals surface area contributed by atoms with Gasteiger partial charge in [0.1, 0.15) is 5.60 Å². The molecule has 0 spiro atoms. The number of rotatable bonds is 5. The predicted molar refractivity (Wildman–Crippen MR) is 91.4 cm³/mol. The number of aliphatic hydroxyl groups excluding tert-OH is 1. The molecule has 4 unspecified atom stereocenters. The van der Waals surface area contributed by atoms with Crippen molar-refractivity contribution in [2.75, 3.05) is 13.1 Å². The molecular weight excluding hydrogens is 308 g/mol. The summed E-state index contributed by atoms with van der Waals surface area (Å²) >= 11 is 0. The van der Waals surface area contributed by atoms with Crippen LogP contribution in [0.25, 0.3) is 0 Å². The van der Waals surface area contributed by atoms with Crippen LogP contribution in [0, 0.1) is 17.3 Å². The second kappa shape index (κ2) is 7.30. The Hall–Kier alpha value is -1.30. The van der Waals surface area contributed by atoms with Crippen LogP contribution in [-0.2, 0) is 9.53 Å². The van der Waals surface area contributed by atoms with Crippen molar-refractivity contribution >= 4 is 12.0 Å². The van der Waals surface area contributed by atoms with Gasteiger partial charge in [0.2, 0.25) is 5.91 Å². The smallest absolute Gasteiger partial charge is 0.407 e. The lowest BCUT2D eigenvalue weighted by Gasteiger charge is -2.35. The molecule has 0 aromatic heterocycles. The number of hydrogen-bond acceptors (Lipinski definition) is 4. The Kier molecular flexibility index (Phi) is 5.78. The van der Waals surface area contributed by atoms with E-state index in [9.17, 15) is 14.7 Å². The van der Waals surface area contributed by atoms with Crippen molar-refractivity contribution in [1.82, 2.24) is 10.6 Å². The zero-order valence-corrected chi connectivity index (χ0v) is 15.4. The molecule has 138 valence electrons. The van der Waals surface area contributed by atoms with Crippen molar-refractivity contribution in [1.29, 1.82) is 0 Å². The molecule has 2 fully saturated rings. The van der Waals surface area contributed by atoms with E-state index in [1.807, 2.05) is 20.8 Å². The van der Waals surface area contributed by atoms with Crippen LogP contribution >= 0.6 is 0 Å². The van der Waals surface area contributed by atoms with Crippen molar-refractivity contribution in [3.8, 4) is 0 Å². The molecule has 4 atom stereocenters. The molecule has 0 radical (unpaired) electrons. The molecule has 6 heteroatoms. The molecule has 3 N–H and O–H groups in total. The molecule has 0 aliphatic heterocycles. The van der Waals surface area contributed by atoms with Crippen molar-refractivity contribution in [3.63, 3.8) is 0 Å². The van der Waals surface area contributed by atoms with Gasteiger partial charge in [0, 0.05) is 13.1 Å². The fourth-order valence-electron chi connectivity index (χ4n) is 4.22. The van der Waals surface area contributed by atoms with Gasteiger partial charge in [-0.3, -0.25) is 4.79 Å². The van der Waals surface area contributed by atoms with Crippen LogP contribution in [0.5, 0.6) is 0 Å². The van der Waals surface area contributed by atoms with E-state index in [0.717, 1.165) is 19.3 Å². The average Bonchev–Trinajstić information content (AvgIpc) is 2.67. The highest BCUT2D eigenvalue weighted by Gasteiger charge is 2.53. The van der Waals surface area contributed by atoms with E-state index < -0.39 is 11.7 Å². The van der Waals surface area contributed by atoms with Gasteiger partial charge in [0.15, 0.2) is 0 Å². The molecule has 0 saturated heterocycles. The summed E-state index contributed by atoms with van der Waals surface area (Å²) in [5, 5.41) is 15.8. The van der Waals surface area contributed by atoms with Gasteiger partial charge in [-0.2, -0.15) is 0 Å². The van der Waals surface area contributed by atoms with Crippen molar-refractivity contribution in [3.05, 3.63) is 0 Å². The van der Waals surface area contributed by atoms with Gasteiger partial charge < -0.3 is 20.5 Å². The second-order valence-corrected chi connectivity index (χ2v) is 8.60. The predicted octanol–water partition coefficient (Wildman–Crippen LogP) is 2.20. The number of fused-ring (bicyclic) bond motifs is 2. The van der Waals surface area contributed by atoms with Crippen LogP contribution in [0.2, 0.25) is 0 Å². The van der Waals surface area contributed by atoms with E-state index in [4.69, 9.17) is 4.74 Å². The number of amides is 2. The van der Waals surface area contributed by atoms with E-state index in [1.165, 1.54) is 0 Å². The van der Waals surface area contributed by atoms with E-state index in [0.29, 0.717) is 31.8 Å². The molecule has 0 aromatic carbocycles. The normalized spacial score (nSPS) is 32.3. The zero-order valence-electron chi connectivity index (χ0n) is 15.4. The zero-order chi connectivity index (χ0) is 18.0. The fourth-order valence-corrected chi connectivity index (χ4v) is 4.22. The topological polar surface area (TPSA) is 87.7 Å². The van der Waals surface area contributed by atoms with Gasteiger partial charge in [-0.15, -0.1) is 0 Å². The van der Waals surface area contributed by atoms with Crippen LogP contribution < -0.4 is 10.6 Å². The largest absolute Gasteiger partial charge is 0.444 e.